The summed E-state index contributed by atoms with van der Waals surface area (Å²) in [6.07, 6.45) is 1.40. The van der Waals surface area contributed by atoms with Crippen molar-refractivity contribution in [2.24, 2.45) is 0 Å². The summed E-state index contributed by atoms with van der Waals surface area (Å²) >= 11 is 1.26. The van der Waals surface area contributed by atoms with Crippen LogP contribution in [-0.4, -0.2) is 9.91 Å². The highest BCUT2D eigenvalue weighted by Crippen LogP contribution is 2.27. The summed E-state index contributed by atoms with van der Waals surface area (Å²) in [6.45, 7) is 0. The molecule has 1 N–H and O–H groups in total. The molecule has 128 valence electrons. The van der Waals surface area contributed by atoms with Gasteiger partial charge in [0.25, 0.3) is 5.69 Å². The second-order valence-corrected chi connectivity index (χ2v) is 5.99. The number of nitro groups is 1. The van der Waals surface area contributed by atoms with Crippen LogP contribution in [0.4, 0.5) is 15.8 Å². The minimum Gasteiger partial charge on any atom is -0.358 e. The first-order valence-electron chi connectivity index (χ1n) is 7.40. The molecule has 3 aromatic rings. The number of hydrogen-bond acceptors (Lipinski definition) is 6. The zero-order valence-electron chi connectivity index (χ0n) is 13.2. The third kappa shape index (κ3) is 3.74. The van der Waals surface area contributed by atoms with Gasteiger partial charge in [0.05, 0.1) is 16.3 Å². The zero-order chi connectivity index (χ0) is 18.5. The molecule has 26 heavy (non-hydrogen) atoms. The van der Waals surface area contributed by atoms with E-state index in [1.54, 1.807) is 35.7 Å². The number of thiazole rings is 1. The molecule has 2 aromatic carbocycles. The van der Waals surface area contributed by atoms with Crippen molar-refractivity contribution in [3.8, 4) is 17.3 Å². The Morgan fingerprint density at radius 2 is 2.00 bits per heavy atom. The number of allylic oxidation sites excluding steroid dienone is 1. The first kappa shape index (κ1) is 17.3. The molecule has 0 atom stereocenters. The predicted octanol–water partition coefficient (Wildman–Crippen LogP) is 4.83. The molecule has 0 saturated heterocycles. The van der Waals surface area contributed by atoms with Gasteiger partial charge in [0.1, 0.15) is 22.5 Å². The van der Waals surface area contributed by atoms with E-state index in [9.17, 15) is 19.8 Å². The number of nitriles is 1. The summed E-state index contributed by atoms with van der Waals surface area (Å²) in [4.78, 5) is 14.6. The van der Waals surface area contributed by atoms with E-state index in [-0.39, 0.29) is 16.9 Å². The van der Waals surface area contributed by atoms with Crippen LogP contribution in [0.2, 0.25) is 0 Å². The molecule has 6 nitrogen and oxygen atoms in total. The van der Waals surface area contributed by atoms with Crippen LogP contribution in [0, 0.1) is 27.3 Å². The number of nitrogens with zero attached hydrogens (tertiary/aromatic N) is 3. The van der Waals surface area contributed by atoms with Gasteiger partial charge in [-0.15, -0.1) is 11.3 Å². The third-order valence-electron chi connectivity index (χ3n) is 3.47. The van der Waals surface area contributed by atoms with Crippen LogP contribution in [-0.2, 0) is 0 Å². The van der Waals surface area contributed by atoms with Crippen LogP contribution >= 0.6 is 11.3 Å². The van der Waals surface area contributed by atoms with E-state index in [1.807, 2.05) is 6.07 Å². The Balaban J connectivity index is 1.83. The van der Waals surface area contributed by atoms with Crippen LogP contribution in [0.5, 0.6) is 0 Å². The maximum Gasteiger partial charge on any atom is 0.269 e. The molecule has 0 aliphatic rings. The lowest BCUT2D eigenvalue weighted by atomic mass is 10.1. The van der Waals surface area contributed by atoms with Gasteiger partial charge < -0.3 is 5.32 Å². The van der Waals surface area contributed by atoms with Gasteiger partial charge in [0.2, 0.25) is 0 Å². The fourth-order valence-corrected chi connectivity index (χ4v) is 2.95. The van der Waals surface area contributed by atoms with Gasteiger partial charge in [-0.25, -0.2) is 9.37 Å². The van der Waals surface area contributed by atoms with E-state index in [1.165, 1.54) is 35.7 Å². The predicted molar refractivity (Wildman–Crippen MR) is 97.8 cm³/mol. The van der Waals surface area contributed by atoms with Gasteiger partial charge in [0, 0.05) is 29.3 Å². The van der Waals surface area contributed by atoms with Gasteiger partial charge >= 0.3 is 0 Å². The molecule has 0 aliphatic carbocycles. The van der Waals surface area contributed by atoms with Gasteiger partial charge in [-0.2, -0.15) is 5.26 Å². The van der Waals surface area contributed by atoms with Gasteiger partial charge in [-0.05, 0) is 24.3 Å². The largest absolute Gasteiger partial charge is 0.358 e. The second-order valence-electron chi connectivity index (χ2n) is 5.14. The molecule has 3 rings (SSSR count). The van der Waals surface area contributed by atoms with E-state index < -0.39 is 10.7 Å². The Bertz CT molecular complexity index is 1020. The zero-order valence-corrected chi connectivity index (χ0v) is 14.0. The molecule has 1 aromatic heterocycles. The Morgan fingerprint density at radius 3 is 2.65 bits per heavy atom. The number of nitro benzene ring substituents is 1. The standard InChI is InChI=1S/C18H11FN4O2S/c19-15-3-1-2-4-16(15)21-10-13(9-20)18-22-17(11-26-18)12-5-7-14(8-6-12)23(24)25/h1-8,10-11,21H/b13-10-. The number of benzene rings is 2. The molecular weight excluding hydrogens is 355 g/mol. The topological polar surface area (TPSA) is 91.8 Å². The van der Waals surface area contributed by atoms with Crippen LogP contribution in [0.1, 0.15) is 5.01 Å². The summed E-state index contributed by atoms with van der Waals surface area (Å²) < 4.78 is 13.6. The van der Waals surface area contributed by atoms with Crippen molar-refractivity contribution < 1.29 is 9.31 Å². The quantitative estimate of drug-likeness (QED) is 0.396. The molecule has 1 heterocycles. The third-order valence-corrected chi connectivity index (χ3v) is 4.35. The lowest BCUT2D eigenvalue weighted by Crippen LogP contribution is -1.93. The van der Waals surface area contributed by atoms with E-state index in [0.29, 0.717) is 16.3 Å². The molecule has 0 unspecified atom stereocenters. The van der Waals surface area contributed by atoms with E-state index in [4.69, 9.17) is 0 Å². The maximum atomic E-state index is 13.6. The van der Waals surface area contributed by atoms with E-state index >= 15 is 0 Å². The lowest BCUT2D eigenvalue weighted by molar-refractivity contribution is -0.384. The normalized spacial score (nSPS) is 11.0. The van der Waals surface area contributed by atoms with Crippen molar-refractivity contribution in [3.05, 3.63) is 81.1 Å². The van der Waals surface area contributed by atoms with Crippen LogP contribution in [0.3, 0.4) is 0 Å². The number of para-hydroxylation sites is 1. The molecule has 0 fully saturated rings. The molecule has 8 heteroatoms. The van der Waals surface area contributed by atoms with Crippen LogP contribution in [0.15, 0.2) is 60.1 Å². The van der Waals surface area contributed by atoms with E-state index in [0.717, 1.165) is 0 Å². The second kappa shape index (κ2) is 7.55. The number of non-ortho nitro benzene ring substituents is 1. The highest BCUT2D eigenvalue weighted by molar-refractivity contribution is 7.11. The first-order valence-corrected chi connectivity index (χ1v) is 8.28. The average Bonchev–Trinajstić information content (AvgIpc) is 3.14. The summed E-state index contributed by atoms with van der Waals surface area (Å²) in [5.74, 6) is -0.424. The van der Waals surface area contributed by atoms with Crippen LogP contribution in [0.25, 0.3) is 16.8 Å². The fourth-order valence-electron chi connectivity index (χ4n) is 2.15. The lowest BCUT2D eigenvalue weighted by Gasteiger charge is -2.02. The van der Waals surface area contributed by atoms with Crippen LogP contribution < -0.4 is 5.32 Å². The highest BCUT2D eigenvalue weighted by Gasteiger charge is 2.11. The molecule has 0 saturated carbocycles. The van der Waals surface area contributed by atoms with Crippen molar-refractivity contribution >= 4 is 28.3 Å². The number of nitrogens with one attached hydrogen (secondary N) is 1. The Kier molecular flexibility index (Phi) is 5.01. The number of rotatable bonds is 5. The number of halogens is 1. The van der Waals surface area contributed by atoms with Crippen molar-refractivity contribution in [3.63, 3.8) is 0 Å². The Labute approximate surface area is 152 Å². The highest BCUT2D eigenvalue weighted by atomic mass is 32.1. The summed E-state index contributed by atoms with van der Waals surface area (Å²) in [5.41, 5.74) is 1.82. The SMILES string of the molecule is N#C/C(=C/Nc1ccccc1F)c1nc(-c2ccc([N+](=O)[O-])cc2)cs1. The van der Waals surface area contributed by atoms with Crippen molar-refractivity contribution in [2.45, 2.75) is 0 Å². The summed E-state index contributed by atoms with van der Waals surface area (Å²) in [5, 5.41) is 25.0. The summed E-state index contributed by atoms with van der Waals surface area (Å²) in [6, 6.07) is 14.2. The average molecular weight is 366 g/mol. The van der Waals surface area contributed by atoms with Crippen molar-refractivity contribution in [1.29, 1.82) is 5.26 Å². The van der Waals surface area contributed by atoms with Gasteiger partial charge in [-0.3, -0.25) is 10.1 Å². The monoisotopic (exact) mass is 366 g/mol. The molecule has 0 bridgehead atoms. The molecule has 0 spiro atoms. The maximum absolute atomic E-state index is 13.6. The van der Waals surface area contributed by atoms with Crippen molar-refractivity contribution in [1.82, 2.24) is 4.98 Å². The minimum atomic E-state index is -0.471. The van der Waals surface area contributed by atoms with Crippen molar-refractivity contribution in [2.75, 3.05) is 5.32 Å². The van der Waals surface area contributed by atoms with Gasteiger partial charge in [0.15, 0.2) is 0 Å². The molecule has 0 amide bonds. The van der Waals surface area contributed by atoms with E-state index in [2.05, 4.69) is 10.3 Å². The molecule has 0 aliphatic heterocycles. The Morgan fingerprint density at radius 1 is 1.27 bits per heavy atom. The fraction of sp³-hybridized carbons (Fsp3) is 0. The smallest absolute Gasteiger partial charge is 0.269 e. The first-order chi connectivity index (χ1) is 12.6. The Hall–Kier alpha value is -3.57. The minimum absolute atomic E-state index is 0.00380. The number of aromatic nitrogens is 1. The summed E-state index contributed by atoms with van der Waals surface area (Å²) in [7, 11) is 0. The number of hydrogen-bond donors (Lipinski definition) is 1. The van der Waals surface area contributed by atoms with Gasteiger partial charge in [-0.1, -0.05) is 12.1 Å². The molecule has 0 radical (unpaired) electrons. The number of anilines is 1. The molecular formula is C18H11FN4O2S.